The molecule has 0 aromatic carbocycles. The predicted octanol–water partition coefficient (Wildman–Crippen LogP) is 2.03. The standard InChI is InChI=1S/C15H20N2O2S/c1-2-11-5-6-12(20-11)10-16-9-7-14(18)17-8-3-4-13(17)15(16)19/h5-6,13H,2-4,7-10H2,1H3. The van der Waals surface area contributed by atoms with Crippen LogP contribution in [-0.4, -0.2) is 40.7 Å². The molecule has 3 rings (SSSR count). The lowest BCUT2D eigenvalue weighted by Crippen LogP contribution is -2.43. The number of carbonyl (C=O) groups is 2. The molecule has 1 aromatic heterocycles. The molecule has 0 saturated carbocycles. The summed E-state index contributed by atoms with van der Waals surface area (Å²) in [6.07, 6.45) is 3.28. The molecule has 0 N–H and O–H groups in total. The largest absolute Gasteiger partial charge is 0.335 e. The molecule has 2 fully saturated rings. The SMILES string of the molecule is CCc1ccc(CN2CCC(=O)N3CCCC3C2=O)s1. The van der Waals surface area contributed by atoms with E-state index >= 15 is 0 Å². The van der Waals surface area contributed by atoms with Crippen LogP contribution in [0.25, 0.3) is 0 Å². The zero-order chi connectivity index (χ0) is 14.1. The summed E-state index contributed by atoms with van der Waals surface area (Å²) < 4.78 is 0. The summed E-state index contributed by atoms with van der Waals surface area (Å²) in [7, 11) is 0. The fourth-order valence-corrected chi connectivity index (χ4v) is 4.03. The number of amides is 2. The van der Waals surface area contributed by atoms with E-state index in [1.807, 2.05) is 4.90 Å². The highest BCUT2D eigenvalue weighted by Crippen LogP contribution is 2.26. The summed E-state index contributed by atoms with van der Waals surface area (Å²) in [5, 5.41) is 0. The monoisotopic (exact) mass is 292 g/mol. The fraction of sp³-hybridized carbons (Fsp3) is 0.600. The van der Waals surface area contributed by atoms with Gasteiger partial charge in [0.25, 0.3) is 0 Å². The Morgan fingerprint density at radius 3 is 2.80 bits per heavy atom. The van der Waals surface area contributed by atoms with Crippen LogP contribution in [0, 0.1) is 0 Å². The number of hydrogen-bond donors (Lipinski definition) is 0. The molecule has 0 aliphatic carbocycles. The Labute approximate surface area is 123 Å². The number of thiophene rings is 1. The molecule has 0 radical (unpaired) electrons. The third-order valence-corrected chi connectivity index (χ3v) is 5.39. The summed E-state index contributed by atoms with van der Waals surface area (Å²) in [4.78, 5) is 30.9. The highest BCUT2D eigenvalue weighted by molar-refractivity contribution is 7.11. The maximum Gasteiger partial charge on any atom is 0.245 e. The Balaban J connectivity index is 1.75. The van der Waals surface area contributed by atoms with Gasteiger partial charge in [-0.3, -0.25) is 9.59 Å². The van der Waals surface area contributed by atoms with Gasteiger partial charge >= 0.3 is 0 Å². The maximum atomic E-state index is 12.6. The lowest BCUT2D eigenvalue weighted by atomic mass is 10.2. The Morgan fingerprint density at radius 1 is 1.25 bits per heavy atom. The van der Waals surface area contributed by atoms with Crippen molar-refractivity contribution in [2.45, 2.75) is 45.2 Å². The van der Waals surface area contributed by atoms with Crippen molar-refractivity contribution in [1.29, 1.82) is 0 Å². The second kappa shape index (κ2) is 5.56. The van der Waals surface area contributed by atoms with Gasteiger partial charge in [0.05, 0.1) is 6.54 Å². The Bertz CT molecular complexity index is 526. The molecule has 1 atom stereocenters. The van der Waals surface area contributed by atoms with E-state index in [2.05, 4.69) is 19.1 Å². The number of rotatable bonds is 3. The van der Waals surface area contributed by atoms with E-state index < -0.39 is 0 Å². The molecular weight excluding hydrogens is 272 g/mol. The van der Waals surface area contributed by atoms with E-state index in [4.69, 9.17) is 0 Å². The topological polar surface area (TPSA) is 40.6 Å². The molecule has 2 aliphatic rings. The third kappa shape index (κ3) is 2.46. The Kier molecular flexibility index (Phi) is 3.78. The maximum absolute atomic E-state index is 12.6. The molecule has 3 heterocycles. The lowest BCUT2D eigenvalue weighted by molar-refractivity contribution is -0.139. The molecule has 2 saturated heterocycles. The van der Waals surface area contributed by atoms with E-state index in [1.165, 1.54) is 9.75 Å². The molecule has 0 bridgehead atoms. The van der Waals surface area contributed by atoms with Crippen LogP contribution >= 0.6 is 11.3 Å². The van der Waals surface area contributed by atoms with Crippen LogP contribution in [-0.2, 0) is 22.6 Å². The first-order chi connectivity index (χ1) is 9.69. The summed E-state index contributed by atoms with van der Waals surface area (Å²) in [5.74, 6) is 0.281. The van der Waals surface area contributed by atoms with Crippen LogP contribution in [0.1, 0.15) is 35.9 Å². The van der Waals surface area contributed by atoms with Gasteiger partial charge in [0.15, 0.2) is 0 Å². The predicted molar refractivity (Wildman–Crippen MR) is 78.5 cm³/mol. The van der Waals surface area contributed by atoms with Crippen LogP contribution in [0.15, 0.2) is 12.1 Å². The first-order valence-corrected chi connectivity index (χ1v) is 8.16. The average molecular weight is 292 g/mol. The summed E-state index contributed by atoms with van der Waals surface area (Å²) >= 11 is 1.77. The van der Waals surface area contributed by atoms with Crippen molar-refractivity contribution >= 4 is 23.2 Å². The molecular formula is C15H20N2O2S. The molecule has 2 amide bonds. The second-order valence-corrected chi connectivity index (χ2v) is 6.73. The van der Waals surface area contributed by atoms with Crippen LogP contribution in [0.5, 0.6) is 0 Å². The Morgan fingerprint density at radius 2 is 2.05 bits per heavy atom. The summed E-state index contributed by atoms with van der Waals surface area (Å²) in [6.45, 7) is 4.11. The van der Waals surface area contributed by atoms with E-state index in [9.17, 15) is 9.59 Å². The van der Waals surface area contributed by atoms with E-state index in [0.717, 1.165) is 25.8 Å². The highest BCUT2D eigenvalue weighted by atomic mass is 32.1. The van der Waals surface area contributed by atoms with Crippen molar-refractivity contribution in [2.75, 3.05) is 13.1 Å². The van der Waals surface area contributed by atoms with Crippen LogP contribution in [0.2, 0.25) is 0 Å². The number of hydrogen-bond acceptors (Lipinski definition) is 3. The second-order valence-electron chi connectivity index (χ2n) is 5.48. The smallest absolute Gasteiger partial charge is 0.245 e. The van der Waals surface area contributed by atoms with Crippen molar-refractivity contribution in [1.82, 2.24) is 9.80 Å². The van der Waals surface area contributed by atoms with Gasteiger partial charge in [-0.05, 0) is 31.4 Å². The van der Waals surface area contributed by atoms with Gasteiger partial charge in [-0.15, -0.1) is 11.3 Å². The molecule has 4 nitrogen and oxygen atoms in total. The summed E-state index contributed by atoms with van der Waals surface area (Å²) in [5.41, 5.74) is 0. The highest BCUT2D eigenvalue weighted by Gasteiger charge is 2.39. The van der Waals surface area contributed by atoms with Crippen molar-refractivity contribution in [3.05, 3.63) is 21.9 Å². The molecule has 20 heavy (non-hydrogen) atoms. The van der Waals surface area contributed by atoms with Crippen molar-refractivity contribution < 1.29 is 9.59 Å². The van der Waals surface area contributed by atoms with Crippen molar-refractivity contribution in [3.8, 4) is 0 Å². The van der Waals surface area contributed by atoms with Gasteiger partial charge in [-0.2, -0.15) is 0 Å². The van der Waals surface area contributed by atoms with Gasteiger partial charge in [0.1, 0.15) is 6.04 Å². The Hall–Kier alpha value is -1.36. The molecule has 1 aromatic rings. The minimum absolute atomic E-state index is 0.139. The minimum atomic E-state index is -0.199. The van der Waals surface area contributed by atoms with Gasteiger partial charge in [0, 0.05) is 29.3 Å². The normalized spacial score (nSPS) is 23.1. The van der Waals surface area contributed by atoms with Crippen LogP contribution in [0.3, 0.4) is 0 Å². The molecule has 2 aliphatic heterocycles. The average Bonchev–Trinajstić information content (AvgIpc) is 3.08. The molecule has 108 valence electrons. The lowest BCUT2D eigenvalue weighted by Gasteiger charge is -2.24. The van der Waals surface area contributed by atoms with Crippen molar-refractivity contribution in [2.24, 2.45) is 0 Å². The van der Waals surface area contributed by atoms with Crippen LogP contribution in [0.4, 0.5) is 0 Å². The third-order valence-electron chi connectivity index (χ3n) is 4.18. The fourth-order valence-electron chi connectivity index (χ4n) is 3.06. The first-order valence-electron chi connectivity index (χ1n) is 7.35. The molecule has 5 heteroatoms. The number of aryl methyl sites for hydroxylation is 1. The van der Waals surface area contributed by atoms with Crippen LogP contribution < -0.4 is 0 Å². The number of fused-ring (bicyclic) bond motifs is 1. The van der Waals surface area contributed by atoms with E-state index in [-0.39, 0.29) is 17.9 Å². The molecule has 0 spiro atoms. The first kappa shape index (κ1) is 13.6. The van der Waals surface area contributed by atoms with E-state index in [1.54, 1.807) is 16.2 Å². The van der Waals surface area contributed by atoms with Gasteiger partial charge in [-0.25, -0.2) is 0 Å². The quantitative estimate of drug-likeness (QED) is 0.855. The minimum Gasteiger partial charge on any atom is -0.335 e. The van der Waals surface area contributed by atoms with Gasteiger partial charge in [-0.1, -0.05) is 6.92 Å². The zero-order valence-corrected chi connectivity index (χ0v) is 12.6. The van der Waals surface area contributed by atoms with Crippen molar-refractivity contribution in [3.63, 3.8) is 0 Å². The van der Waals surface area contributed by atoms with Gasteiger partial charge in [0.2, 0.25) is 11.8 Å². The number of nitrogens with zero attached hydrogens (tertiary/aromatic N) is 2. The number of carbonyl (C=O) groups excluding carboxylic acids is 2. The van der Waals surface area contributed by atoms with E-state index in [0.29, 0.717) is 19.5 Å². The van der Waals surface area contributed by atoms with Gasteiger partial charge < -0.3 is 9.80 Å². The summed E-state index contributed by atoms with van der Waals surface area (Å²) in [6, 6.07) is 4.04. The molecule has 1 unspecified atom stereocenters. The zero-order valence-electron chi connectivity index (χ0n) is 11.8.